The molecule has 156 valence electrons. The summed E-state index contributed by atoms with van der Waals surface area (Å²) < 4.78 is 16.4. The molecule has 0 aromatic rings. The lowest BCUT2D eigenvalue weighted by Crippen LogP contribution is -2.45. The first kappa shape index (κ1) is 22.0. The van der Waals surface area contributed by atoms with Gasteiger partial charge in [-0.2, -0.15) is 0 Å². The first-order valence-corrected chi connectivity index (χ1v) is 9.54. The van der Waals surface area contributed by atoms with Gasteiger partial charge in [-0.3, -0.25) is 9.59 Å². The Kier molecular flexibility index (Phi) is 6.26. The molecule has 0 fully saturated rings. The van der Waals surface area contributed by atoms with Crippen molar-refractivity contribution in [2.45, 2.75) is 72.2 Å². The third-order valence-corrected chi connectivity index (χ3v) is 4.20. The average Bonchev–Trinajstić information content (AvgIpc) is 2.50. The van der Waals surface area contributed by atoms with E-state index >= 15 is 0 Å². The number of ether oxygens (including phenoxy) is 3. The van der Waals surface area contributed by atoms with E-state index in [1.807, 2.05) is 32.9 Å². The number of esters is 2. The van der Waals surface area contributed by atoms with Crippen molar-refractivity contribution in [1.29, 1.82) is 0 Å². The van der Waals surface area contributed by atoms with Crippen molar-refractivity contribution in [2.24, 2.45) is 5.92 Å². The lowest BCUT2D eigenvalue weighted by molar-refractivity contribution is -0.166. The van der Waals surface area contributed by atoms with Gasteiger partial charge in [-0.05, 0) is 52.7 Å². The number of hydrogen-bond acceptors (Lipinski definition) is 6. The summed E-state index contributed by atoms with van der Waals surface area (Å²) in [5.74, 6) is -1.58. The molecule has 2 rings (SSSR count). The van der Waals surface area contributed by atoms with Gasteiger partial charge in [0.25, 0.3) is 0 Å². The zero-order chi connectivity index (χ0) is 21.3. The second kappa shape index (κ2) is 7.97. The van der Waals surface area contributed by atoms with Gasteiger partial charge in [0, 0.05) is 26.4 Å². The average molecular weight is 393 g/mol. The molecule has 0 saturated carbocycles. The molecule has 0 saturated heterocycles. The highest BCUT2D eigenvalue weighted by molar-refractivity contribution is 5.81. The van der Waals surface area contributed by atoms with Crippen LogP contribution >= 0.6 is 0 Å². The Labute approximate surface area is 166 Å². The third kappa shape index (κ3) is 5.84. The van der Waals surface area contributed by atoms with Crippen LogP contribution in [0.4, 0.5) is 4.79 Å². The van der Waals surface area contributed by atoms with Crippen LogP contribution in [0.3, 0.4) is 0 Å². The first-order chi connectivity index (χ1) is 12.8. The van der Waals surface area contributed by atoms with Crippen LogP contribution in [0.2, 0.25) is 0 Å². The maximum Gasteiger partial charge on any atom is 0.410 e. The van der Waals surface area contributed by atoms with Gasteiger partial charge in [0.15, 0.2) is 0 Å². The smallest absolute Gasteiger partial charge is 0.410 e. The van der Waals surface area contributed by atoms with Crippen molar-refractivity contribution in [1.82, 2.24) is 4.90 Å². The van der Waals surface area contributed by atoms with E-state index in [4.69, 9.17) is 14.2 Å². The number of hydrogen-bond donors (Lipinski definition) is 0. The quantitative estimate of drug-likeness (QED) is 0.528. The van der Waals surface area contributed by atoms with Gasteiger partial charge < -0.3 is 19.1 Å². The lowest BCUT2D eigenvalue weighted by atomic mass is 9.79. The van der Waals surface area contributed by atoms with Crippen LogP contribution in [0.5, 0.6) is 0 Å². The summed E-state index contributed by atoms with van der Waals surface area (Å²) in [5.41, 5.74) is 0.376. The molecule has 7 heteroatoms. The second-order valence-corrected chi connectivity index (χ2v) is 9.14. The Morgan fingerprint density at radius 2 is 1.61 bits per heavy atom. The maximum atomic E-state index is 12.9. The number of rotatable bonds is 2. The van der Waals surface area contributed by atoms with E-state index in [0.717, 1.165) is 11.1 Å². The molecule has 0 radical (unpaired) electrons. The van der Waals surface area contributed by atoms with Gasteiger partial charge in [-0.1, -0.05) is 12.2 Å². The zero-order valence-electron chi connectivity index (χ0n) is 17.8. The molecule has 1 aliphatic carbocycles. The summed E-state index contributed by atoms with van der Waals surface area (Å²) in [6, 6.07) is 0. The van der Waals surface area contributed by atoms with Crippen molar-refractivity contribution in [3.8, 4) is 0 Å². The van der Waals surface area contributed by atoms with Crippen LogP contribution in [0.25, 0.3) is 0 Å². The predicted molar refractivity (Wildman–Crippen MR) is 103 cm³/mol. The predicted octanol–water partition coefficient (Wildman–Crippen LogP) is 3.38. The molecule has 1 aliphatic heterocycles. The molecule has 1 heterocycles. The molecule has 0 bridgehead atoms. The minimum absolute atomic E-state index is 0.313. The van der Waals surface area contributed by atoms with E-state index < -0.39 is 41.3 Å². The van der Waals surface area contributed by atoms with Crippen LogP contribution in [0.15, 0.2) is 23.3 Å². The number of nitrogens with zero attached hydrogens (tertiary/aromatic N) is 1. The maximum absolute atomic E-state index is 12.9. The summed E-state index contributed by atoms with van der Waals surface area (Å²) in [5, 5.41) is 0. The highest BCUT2D eigenvalue weighted by Crippen LogP contribution is 2.36. The van der Waals surface area contributed by atoms with E-state index in [1.165, 1.54) is 6.92 Å². The van der Waals surface area contributed by atoms with Crippen LogP contribution < -0.4 is 0 Å². The molecule has 2 aliphatic rings. The van der Waals surface area contributed by atoms with Gasteiger partial charge in [0.2, 0.25) is 0 Å². The summed E-state index contributed by atoms with van der Waals surface area (Å²) in [7, 11) is 0. The van der Waals surface area contributed by atoms with E-state index in [1.54, 1.807) is 25.7 Å². The Morgan fingerprint density at radius 1 is 1.00 bits per heavy atom. The number of carbonyl (C=O) groups is 3. The number of carbonyl (C=O) groups excluding carboxylic acids is 3. The van der Waals surface area contributed by atoms with Crippen molar-refractivity contribution < 1.29 is 28.6 Å². The van der Waals surface area contributed by atoms with Crippen LogP contribution in [-0.2, 0) is 23.8 Å². The summed E-state index contributed by atoms with van der Waals surface area (Å²) in [6.07, 6.45) is 3.11. The van der Waals surface area contributed by atoms with Gasteiger partial charge in [0.1, 0.15) is 23.2 Å². The molecule has 0 N–H and O–H groups in total. The molecule has 0 spiro atoms. The van der Waals surface area contributed by atoms with E-state index in [2.05, 4.69) is 0 Å². The van der Waals surface area contributed by atoms with Gasteiger partial charge in [-0.15, -0.1) is 0 Å². The van der Waals surface area contributed by atoms with Gasteiger partial charge in [0.05, 0.1) is 0 Å². The Morgan fingerprint density at radius 3 is 2.14 bits per heavy atom. The number of fused-ring (bicyclic) bond motifs is 1. The van der Waals surface area contributed by atoms with Gasteiger partial charge in [-0.25, -0.2) is 4.79 Å². The summed E-state index contributed by atoms with van der Waals surface area (Å²) in [4.78, 5) is 38.4. The summed E-state index contributed by atoms with van der Waals surface area (Å²) in [6.45, 7) is 12.8. The monoisotopic (exact) mass is 393 g/mol. The van der Waals surface area contributed by atoms with Crippen LogP contribution in [-0.4, -0.2) is 53.3 Å². The molecule has 0 aromatic carbocycles. The van der Waals surface area contributed by atoms with Crippen LogP contribution in [0, 0.1) is 5.92 Å². The number of amides is 1. The fourth-order valence-electron chi connectivity index (χ4n) is 3.24. The largest absolute Gasteiger partial charge is 0.461 e. The van der Waals surface area contributed by atoms with E-state index in [9.17, 15) is 14.4 Å². The minimum Gasteiger partial charge on any atom is -0.461 e. The van der Waals surface area contributed by atoms with Gasteiger partial charge >= 0.3 is 18.0 Å². The SMILES string of the molecule is CC(=O)O[C@@H]1CC=C2CN(C(=O)OC(C)(C)C)CC=C2[C@H]1C(=O)OC(C)(C)C. The highest BCUT2D eigenvalue weighted by Gasteiger charge is 2.42. The molecular formula is C21H31NO6. The molecular weight excluding hydrogens is 362 g/mol. The molecule has 7 nitrogen and oxygen atoms in total. The zero-order valence-corrected chi connectivity index (χ0v) is 17.8. The minimum atomic E-state index is -0.705. The fraction of sp³-hybridized carbons (Fsp3) is 0.667. The Hall–Kier alpha value is -2.31. The lowest BCUT2D eigenvalue weighted by Gasteiger charge is -2.38. The third-order valence-electron chi connectivity index (χ3n) is 4.20. The van der Waals surface area contributed by atoms with E-state index in [0.29, 0.717) is 19.5 Å². The standard InChI is InChI=1S/C21H31NO6/c1-13(23)26-16-9-8-14-12-22(19(25)28-21(5,6)7)11-10-15(14)17(16)18(24)27-20(2,3)4/h8,10,16-17H,9,11-12H2,1-7H3/t16-,17-/m1/s1. The highest BCUT2D eigenvalue weighted by atomic mass is 16.6. The van der Waals surface area contributed by atoms with E-state index in [-0.39, 0.29) is 0 Å². The second-order valence-electron chi connectivity index (χ2n) is 9.14. The fourth-order valence-corrected chi connectivity index (χ4v) is 3.24. The van der Waals surface area contributed by atoms with Crippen molar-refractivity contribution in [3.63, 3.8) is 0 Å². The molecule has 0 unspecified atom stereocenters. The van der Waals surface area contributed by atoms with Crippen molar-refractivity contribution >= 4 is 18.0 Å². The Balaban J connectivity index is 2.27. The van der Waals surface area contributed by atoms with Crippen molar-refractivity contribution in [2.75, 3.05) is 13.1 Å². The normalized spacial score (nSPS) is 22.5. The molecule has 1 amide bonds. The first-order valence-electron chi connectivity index (χ1n) is 9.54. The van der Waals surface area contributed by atoms with Crippen LogP contribution in [0.1, 0.15) is 54.9 Å². The summed E-state index contributed by atoms with van der Waals surface area (Å²) >= 11 is 0. The Bertz CT molecular complexity index is 707. The van der Waals surface area contributed by atoms with Crippen molar-refractivity contribution in [3.05, 3.63) is 23.3 Å². The molecule has 0 aromatic heterocycles. The molecule has 2 atom stereocenters. The molecule has 28 heavy (non-hydrogen) atoms. The topological polar surface area (TPSA) is 82.1 Å².